The molecule has 1 amide bonds. The summed E-state index contributed by atoms with van der Waals surface area (Å²) in [5.74, 6) is 0.869. The number of carbonyl (C=O) groups excluding carboxylic acids is 1. The number of aliphatic hydroxyl groups is 1. The number of likely N-dealkylation sites (tertiary alicyclic amines) is 1. The lowest BCUT2D eigenvalue weighted by molar-refractivity contribution is 0.0595. The Kier molecular flexibility index (Phi) is 5.55. The van der Waals surface area contributed by atoms with Crippen molar-refractivity contribution in [3.63, 3.8) is 0 Å². The molecule has 28 heavy (non-hydrogen) atoms. The highest BCUT2D eigenvalue weighted by molar-refractivity contribution is 6.30. The molecule has 3 aromatic rings. The lowest BCUT2D eigenvalue weighted by Gasteiger charge is -2.32. The van der Waals surface area contributed by atoms with Gasteiger partial charge in [-0.05, 0) is 48.5 Å². The predicted octanol–water partition coefficient (Wildman–Crippen LogP) is 3.97. The van der Waals surface area contributed by atoms with E-state index in [0.717, 1.165) is 29.5 Å². The second-order valence-electron chi connectivity index (χ2n) is 7.07. The van der Waals surface area contributed by atoms with Crippen LogP contribution in [-0.4, -0.2) is 46.3 Å². The van der Waals surface area contributed by atoms with Crippen molar-refractivity contribution in [1.29, 1.82) is 0 Å². The van der Waals surface area contributed by atoms with Crippen LogP contribution < -0.4 is 4.74 Å². The van der Waals surface area contributed by atoms with Crippen LogP contribution in [0.15, 0.2) is 54.7 Å². The van der Waals surface area contributed by atoms with Gasteiger partial charge in [0.2, 0.25) is 0 Å². The van der Waals surface area contributed by atoms with Gasteiger partial charge in [-0.15, -0.1) is 0 Å². The first-order valence-electron chi connectivity index (χ1n) is 9.55. The van der Waals surface area contributed by atoms with Gasteiger partial charge in [0.15, 0.2) is 0 Å². The number of piperidine rings is 1. The third-order valence-electron chi connectivity index (χ3n) is 5.20. The molecule has 0 atom stereocenters. The molecule has 1 fully saturated rings. The molecule has 1 N–H and O–H groups in total. The van der Waals surface area contributed by atoms with Crippen molar-refractivity contribution in [1.82, 2.24) is 9.47 Å². The Labute approximate surface area is 169 Å². The lowest BCUT2D eigenvalue weighted by Crippen LogP contribution is -2.41. The molecule has 0 unspecified atom stereocenters. The number of carbonyl (C=O) groups is 1. The number of nitrogens with zero attached hydrogens (tertiary/aromatic N) is 2. The number of benzene rings is 2. The van der Waals surface area contributed by atoms with E-state index >= 15 is 0 Å². The highest BCUT2D eigenvalue weighted by Gasteiger charge is 2.25. The highest BCUT2D eigenvalue weighted by atomic mass is 35.5. The standard InChI is InChI=1S/C22H23ClN2O3/c23-18-2-4-19(5-3-18)28-20-8-11-25(12-9-20)22(27)17-1-6-21-16(15-17)7-10-24(21)13-14-26/h1-7,10,15,20,26H,8-9,11-14H2. The Bertz CT molecular complexity index is 960. The van der Waals surface area contributed by atoms with E-state index in [1.165, 1.54) is 0 Å². The van der Waals surface area contributed by atoms with Crippen LogP contribution in [0.1, 0.15) is 23.2 Å². The number of ether oxygens (including phenoxy) is 1. The van der Waals surface area contributed by atoms with Crippen LogP contribution in [0.3, 0.4) is 0 Å². The van der Waals surface area contributed by atoms with E-state index in [0.29, 0.717) is 30.2 Å². The summed E-state index contributed by atoms with van der Waals surface area (Å²) in [6.07, 6.45) is 3.67. The highest BCUT2D eigenvalue weighted by Crippen LogP contribution is 2.23. The number of rotatable bonds is 5. The van der Waals surface area contributed by atoms with Gasteiger partial charge in [-0.25, -0.2) is 0 Å². The molecule has 0 bridgehead atoms. The van der Waals surface area contributed by atoms with E-state index in [1.54, 1.807) is 0 Å². The maximum atomic E-state index is 12.9. The molecule has 1 aliphatic rings. The normalized spacial score (nSPS) is 15.1. The fraction of sp³-hybridized carbons (Fsp3) is 0.318. The summed E-state index contributed by atoms with van der Waals surface area (Å²) in [6.45, 7) is 2.01. The van der Waals surface area contributed by atoms with Crippen molar-refractivity contribution in [2.75, 3.05) is 19.7 Å². The van der Waals surface area contributed by atoms with E-state index in [4.69, 9.17) is 21.4 Å². The molecule has 6 heteroatoms. The predicted molar refractivity (Wildman–Crippen MR) is 110 cm³/mol. The van der Waals surface area contributed by atoms with Gasteiger partial charge < -0.3 is 19.3 Å². The van der Waals surface area contributed by atoms with Crippen molar-refractivity contribution in [3.8, 4) is 5.75 Å². The summed E-state index contributed by atoms with van der Waals surface area (Å²) in [7, 11) is 0. The van der Waals surface area contributed by atoms with Gasteiger partial charge in [-0.3, -0.25) is 4.79 Å². The van der Waals surface area contributed by atoms with Crippen molar-refractivity contribution >= 4 is 28.4 Å². The Morgan fingerprint density at radius 2 is 1.86 bits per heavy atom. The summed E-state index contributed by atoms with van der Waals surface area (Å²) in [5, 5.41) is 10.8. The Morgan fingerprint density at radius 3 is 2.57 bits per heavy atom. The first kappa shape index (κ1) is 18.8. The number of hydrogen-bond donors (Lipinski definition) is 1. The van der Waals surface area contributed by atoms with Crippen LogP contribution in [0.25, 0.3) is 10.9 Å². The number of fused-ring (bicyclic) bond motifs is 1. The first-order valence-corrected chi connectivity index (χ1v) is 9.93. The zero-order valence-electron chi connectivity index (χ0n) is 15.6. The molecule has 0 saturated carbocycles. The Hall–Kier alpha value is -2.50. The van der Waals surface area contributed by atoms with Gasteiger partial charge >= 0.3 is 0 Å². The summed E-state index contributed by atoms with van der Waals surface area (Å²) in [6, 6.07) is 15.1. The second kappa shape index (κ2) is 8.25. The fourth-order valence-corrected chi connectivity index (χ4v) is 3.83. The van der Waals surface area contributed by atoms with E-state index in [9.17, 15) is 4.79 Å². The number of aromatic nitrogens is 1. The summed E-state index contributed by atoms with van der Waals surface area (Å²) >= 11 is 5.91. The van der Waals surface area contributed by atoms with Crippen LogP contribution in [0, 0.1) is 0 Å². The van der Waals surface area contributed by atoms with E-state index in [1.807, 2.05) is 64.2 Å². The minimum Gasteiger partial charge on any atom is -0.490 e. The Balaban J connectivity index is 1.38. The average molecular weight is 399 g/mol. The van der Waals surface area contributed by atoms with E-state index in [-0.39, 0.29) is 18.6 Å². The van der Waals surface area contributed by atoms with Crippen LogP contribution in [-0.2, 0) is 6.54 Å². The molecule has 2 aromatic carbocycles. The molecule has 0 radical (unpaired) electrons. The molecule has 5 nitrogen and oxygen atoms in total. The summed E-state index contributed by atoms with van der Waals surface area (Å²) < 4.78 is 8.00. The number of hydrogen-bond acceptors (Lipinski definition) is 3. The molecule has 2 heterocycles. The van der Waals surface area contributed by atoms with Gasteiger partial charge in [-0.2, -0.15) is 0 Å². The minimum atomic E-state index is 0.0572. The van der Waals surface area contributed by atoms with Crippen LogP contribution >= 0.6 is 11.6 Å². The topological polar surface area (TPSA) is 54.7 Å². The SMILES string of the molecule is O=C(c1ccc2c(ccn2CCO)c1)N1CCC(Oc2ccc(Cl)cc2)CC1. The van der Waals surface area contributed by atoms with E-state index < -0.39 is 0 Å². The number of aliphatic hydroxyl groups excluding tert-OH is 1. The zero-order chi connectivity index (χ0) is 19.5. The summed E-state index contributed by atoms with van der Waals surface area (Å²) in [4.78, 5) is 14.8. The third-order valence-corrected chi connectivity index (χ3v) is 5.46. The molecule has 0 aliphatic carbocycles. The maximum Gasteiger partial charge on any atom is 0.253 e. The number of halogens is 1. The van der Waals surface area contributed by atoms with Crippen LogP contribution in [0.5, 0.6) is 5.75 Å². The number of amides is 1. The van der Waals surface area contributed by atoms with Gasteiger partial charge in [0, 0.05) is 60.2 Å². The molecular formula is C22H23ClN2O3. The maximum absolute atomic E-state index is 12.9. The summed E-state index contributed by atoms with van der Waals surface area (Å²) in [5.41, 5.74) is 1.73. The van der Waals surface area contributed by atoms with Gasteiger partial charge in [0.05, 0.1) is 6.61 Å². The third kappa shape index (κ3) is 4.01. The monoisotopic (exact) mass is 398 g/mol. The lowest BCUT2D eigenvalue weighted by atomic mass is 10.1. The second-order valence-corrected chi connectivity index (χ2v) is 7.51. The van der Waals surface area contributed by atoms with Crippen molar-refractivity contribution in [2.45, 2.75) is 25.5 Å². The quantitative estimate of drug-likeness (QED) is 0.707. The first-order chi connectivity index (χ1) is 13.6. The van der Waals surface area contributed by atoms with Crippen molar-refractivity contribution < 1.29 is 14.6 Å². The van der Waals surface area contributed by atoms with Crippen LogP contribution in [0.4, 0.5) is 0 Å². The molecule has 146 valence electrons. The van der Waals surface area contributed by atoms with Gasteiger partial charge in [-0.1, -0.05) is 11.6 Å². The molecule has 1 saturated heterocycles. The van der Waals surface area contributed by atoms with Crippen LogP contribution in [0.2, 0.25) is 5.02 Å². The largest absolute Gasteiger partial charge is 0.490 e. The molecule has 1 aromatic heterocycles. The van der Waals surface area contributed by atoms with Gasteiger partial charge in [0.1, 0.15) is 11.9 Å². The zero-order valence-corrected chi connectivity index (χ0v) is 16.3. The fourth-order valence-electron chi connectivity index (χ4n) is 3.70. The minimum absolute atomic E-state index is 0.0572. The molecular weight excluding hydrogens is 376 g/mol. The average Bonchev–Trinajstić information content (AvgIpc) is 3.12. The van der Waals surface area contributed by atoms with Crippen molar-refractivity contribution in [2.24, 2.45) is 0 Å². The smallest absolute Gasteiger partial charge is 0.253 e. The molecule has 1 aliphatic heterocycles. The Morgan fingerprint density at radius 1 is 1.11 bits per heavy atom. The molecule has 0 spiro atoms. The van der Waals surface area contributed by atoms with Crippen molar-refractivity contribution in [3.05, 3.63) is 65.3 Å². The van der Waals surface area contributed by atoms with Gasteiger partial charge in [0.25, 0.3) is 5.91 Å². The molecule has 4 rings (SSSR count). The van der Waals surface area contributed by atoms with E-state index in [2.05, 4.69) is 0 Å².